The summed E-state index contributed by atoms with van der Waals surface area (Å²) in [5.74, 6) is 0. The number of benzene rings is 1. The molecule has 0 atom stereocenters. The molecule has 72 valence electrons. The Morgan fingerprint density at radius 2 is 1.86 bits per heavy atom. The molecule has 14 heavy (non-hydrogen) atoms. The Kier molecular flexibility index (Phi) is 3.93. The molecule has 0 saturated carbocycles. The minimum Gasteiger partial charge on any atom is -0.0991 e. The van der Waals surface area contributed by atoms with Crippen LogP contribution in [0, 0.1) is 6.92 Å². The number of hydrogen-bond acceptors (Lipinski definition) is 0. The van der Waals surface area contributed by atoms with Crippen molar-refractivity contribution in [3.63, 3.8) is 0 Å². The van der Waals surface area contributed by atoms with Gasteiger partial charge in [0.15, 0.2) is 0 Å². The van der Waals surface area contributed by atoms with E-state index in [1.165, 1.54) is 16.7 Å². The minimum absolute atomic E-state index is 1.23. The topological polar surface area (TPSA) is 0 Å². The van der Waals surface area contributed by atoms with Gasteiger partial charge in [0, 0.05) is 0 Å². The van der Waals surface area contributed by atoms with Crippen LogP contribution in [0.1, 0.15) is 18.1 Å². The van der Waals surface area contributed by atoms with Gasteiger partial charge in [0.05, 0.1) is 0 Å². The Bertz CT molecular complexity index is 350. The first-order valence-electron chi connectivity index (χ1n) is 4.80. The van der Waals surface area contributed by atoms with E-state index in [2.05, 4.69) is 49.9 Å². The van der Waals surface area contributed by atoms with E-state index in [9.17, 15) is 0 Å². The van der Waals surface area contributed by atoms with Crippen LogP contribution in [-0.4, -0.2) is 0 Å². The molecule has 0 unspecified atom stereocenters. The van der Waals surface area contributed by atoms with E-state index < -0.39 is 0 Å². The fraction of sp³-hybridized carbons (Fsp3) is 0.143. The summed E-state index contributed by atoms with van der Waals surface area (Å²) in [5, 5.41) is 0. The van der Waals surface area contributed by atoms with Crippen molar-refractivity contribution in [3.05, 3.63) is 66.3 Å². The number of hydrogen-bond donors (Lipinski definition) is 0. The summed E-state index contributed by atoms with van der Waals surface area (Å²) in [6, 6.07) is 8.53. The SMILES string of the molecule is C=C/C=C\C(=C\C)c1ccc(C)cc1. The van der Waals surface area contributed by atoms with Gasteiger partial charge in [-0.25, -0.2) is 0 Å². The normalized spacial score (nSPS) is 12.0. The van der Waals surface area contributed by atoms with E-state index in [1.807, 2.05) is 13.0 Å². The average molecular weight is 184 g/mol. The first-order chi connectivity index (χ1) is 6.77. The summed E-state index contributed by atoms with van der Waals surface area (Å²) in [6.07, 6.45) is 7.91. The summed E-state index contributed by atoms with van der Waals surface area (Å²) in [7, 11) is 0. The largest absolute Gasteiger partial charge is 0.0991 e. The highest BCUT2D eigenvalue weighted by atomic mass is 14.0. The molecule has 0 heterocycles. The van der Waals surface area contributed by atoms with E-state index in [-0.39, 0.29) is 0 Å². The van der Waals surface area contributed by atoms with Crippen molar-refractivity contribution in [1.29, 1.82) is 0 Å². The molecule has 0 aliphatic carbocycles. The molecular formula is C14H16. The van der Waals surface area contributed by atoms with Crippen molar-refractivity contribution in [2.45, 2.75) is 13.8 Å². The predicted molar refractivity (Wildman–Crippen MR) is 64.2 cm³/mol. The molecule has 0 aliphatic rings. The Labute approximate surface area is 86.3 Å². The molecule has 0 nitrogen and oxygen atoms in total. The van der Waals surface area contributed by atoms with Crippen molar-refractivity contribution < 1.29 is 0 Å². The zero-order chi connectivity index (χ0) is 10.4. The van der Waals surface area contributed by atoms with Gasteiger partial charge >= 0.3 is 0 Å². The van der Waals surface area contributed by atoms with E-state index in [0.29, 0.717) is 0 Å². The monoisotopic (exact) mass is 184 g/mol. The van der Waals surface area contributed by atoms with Crippen molar-refractivity contribution in [2.75, 3.05) is 0 Å². The van der Waals surface area contributed by atoms with E-state index >= 15 is 0 Å². The second kappa shape index (κ2) is 5.23. The lowest BCUT2D eigenvalue weighted by atomic mass is 10.0. The molecule has 1 rings (SSSR count). The maximum Gasteiger partial charge on any atom is -0.0187 e. The highest BCUT2D eigenvalue weighted by Gasteiger charge is 1.94. The highest BCUT2D eigenvalue weighted by Crippen LogP contribution is 2.16. The molecule has 0 radical (unpaired) electrons. The summed E-state index contributed by atoms with van der Waals surface area (Å²) in [6.45, 7) is 7.80. The van der Waals surface area contributed by atoms with Crippen LogP contribution < -0.4 is 0 Å². The zero-order valence-electron chi connectivity index (χ0n) is 8.83. The van der Waals surface area contributed by atoms with Crippen molar-refractivity contribution >= 4 is 5.57 Å². The van der Waals surface area contributed by atoms with Gasteiger partial charge in [-0.3, -0.25) is 0 Å². The third kappa shape index (κ3) is 2.74. The predicted octanol–water partition coefficient (Wildman–Crippen LogP) is 4.14. The molecule has 1 aromatic rings. The summed E-state index contributed by atoms with van der Waals surface area (Å²) >= 11 is 0. The zero-order valence-corrected chi connectivity index (χ0v) is 8.83. The Morgan fingerprint density at radius 3 is 2.36 bits per heavy atom. The number of aryl methyl sites for hydroxylation is 1. The van der Waals surface area contributed by atoms with E-state index in [4.69, 9.17) is 0 Å². The molecule has 0 aliphatic heterocycles. The van der Waals surface area contributed by atoms with Crippen LogP contribution in [-0.2, 0) is 0 Å². The second-order valence-electron chi connectivity index (χ2n) is 3.20. The molecule has 0 aromatic heterocycles. The van der Waals surface area contributed by atoms with Gasteiger partial charge in [-0.05, 0) is 25.0 Å². The fourth-order valence-corrected chi connectivity index (χ4v) is 1.28. The third-order valence-corrected chi connectivity index (χ3v) is 2.11. The Morgan fingerprint density at radius 1 is 1.21 bits per heavy atom. The first kappa shape index (κ1) is 10.5. The maximum absolute atomic E-state index is 3.66. The van der Waals surface area contributed by atoms with Gasteiger partial charge in [0.2, 0.25) is 0 Å². The summed E-state index contributed by atoms with van der Waals surface area (Å²) in [5.41, 5.74) is 3.76. The van der Waals surface area contributed by atoms with Crippen LogP contribution in [0.5, 0.6) is 0 Å². The van der Waals surface area contributed by atoms with Crippen LogP contribution >= 0.6 is 0 Å². The molecule has 1 aromatic carbocycles. The molecule has 0 fully saturated rings. The van der Waals surface area contributed by atoms with Crippen LogP contribution in [0.3, 0.4) is 0 Å². The molecule has 0 N–H and O–H groups in total. The summed E-state index contributed by atoms with van der Waals surface area (Å²) < 4.78 is 0. The van der Waals surface area contributed by atoms with Crippen LogP contribution in [0.25, 0.3) is 5.57 Å². The van der Waals surface area contributed by atoms with Crippen molar-refractivity contribution in [3.8, 4) is 0 Å². The fourth-order valence-electron chi connectivity index (χ4n) is 1.28. The molecule has 0 amide bonds. The van der Waals surface area contributed by atoms with Gasteiger partial charge in [-0.15, -0.1) is 0 Å². The van der Waals surface area contributed by atoms with Gasteiger partial charge in [0.25, 0.3) is 0 Å². The lowest BCUT2D eigenvalue weighted by molar-refractivity contribution is 1.45. The Hall–Kier alpha value is -1.56. The molecule has 0 bridgehead atoms. The van der Waals surface area contributed by atoms with Crippen LogP contribution in [0.2, 0.25) is 0 Å². The molecular weight excluding hydrogens is 168 g/mol. The molecule has 0 heteroatoms. The number of allylic oxidation sites excluding steroid dienone is 5. The minimum atomic E-state index is 1.23. The average Bonchev–Trinajstić information content (AvgIpc) is 2.21. The van der Waals surface area contributed by atoms with Gasteiger partial charge < -0.3 is 0 Å². The van der Waals surface area contributed by atoms with Gasteiger partial charge in [0.1, 0.15) is 0 Å². The lowest BCUT2D eigenvalue weighted by Crippen LogP contribution is -1.80. The smallest absolute Gasteiger partial charge is 0.0187 e. The van der Waals surface area contributed by atoms with Crippen LogP contribution in [0.15, 0.2) is 55.1 Å². The van der Waals surface area contributed by atoms with E-state index in [0.717, 1.165) is 0 Å². The van der Waals surface area contributed by atoms with Crippen molar-refractivity contribution in [2.24, 2.45) is 0 Å². The second-order valence-corrected chi connectivity index (χ2v) is 3.20. The maximum atomic E-state index is 3.66. The number of rotatable bonds is 3. The highest BCUT2D eigenvalue weighted by molar-refractivity contribution is 5.74. The molecule has 0 spiro atoms. The van der Waals surface area contributed by atoms with Gasteiger partial charge in [-0.2, -0.15) is 0 Å². The third-order valence-electron chi connectivity index (χ3n) is 2.11. The first-order valence-corrected chi connectivity index (χ1v) is 4.80. The van der Waals surface area contributed by atoms with E-state index in [1.54, 1.807) is 6.08 Å². The quantitative estimate of drug-likeness (QED) is 0.619. The Balaban J connectivity index is 2.96. The van der Waals surface area contributed by atoms with Crippen molar-refractivity contribution in [1.82, 2.24) is 0 Å². The van der Waals surface area contributed by atoms with Crippen LogP contribution in [0.4, 0.5) is 0 Å². The van der Waals surface area contributed by atoms with Gasteiger partial charge in [-0.1, -0.05) is 60.7 Å². The lowest BCUT2D eigenvalue weighted by Gasteiger charge is -2.01. The summed E-state index contributed by atoms with van der Waals surface area (Å²) in [4.78, 5) is 0. The molecule has 0 saturated heterocycles. The standard InChI is InChI=1S/C14H16/c1-4-6-7-13(5-2)14-10-8-12(3)9-11-14/h4-11H,1H2,2-3H3/b7-6-,13-5-.